The van der Waals surface area contributed by atoms with Crippen molar-refractivity contribution in [3.8, 4) is 5.75 Å². The lowest BCUT2D eigenvalue weighted by atomic mass is 10.2. The molecule has 0 bridgehead atoms. The number of nitro groups is 1. The third-order valence-corrected chi connectivity index (χ3v) is 5.79. The number of methoxy groups -OCH3 is 2. The van der Waals surface area contributed by atoms with Gasteiger partial charge in [0.15, 0.2) is 17.1 Å². The Bertz CT molecular complexity index is 1730. The first kappa shape index (κ1) is 24.3. The van der Waals surface area contributed by atoms with Crippen LogP contribution in [0.3, 0.4) is 0 Å². The Morgan fingerprint density at radius 1 is 1.11 bits per heavy atom. The minimum Gasteiger partial charge on any atom is -0.493 e. The molecule has 192 valence electrons. The summed E-state index contributed by atoms with van der Waals surface area (Å²) in [6.07, 6.45) is 3.33. The van der Waals surface area contributed by atoms with Gasteiger partial charge < -0.3 is 22.9 Å². The Balaban J connectivity index is 1.36. The van der Waals surface area contributed by atoms with E-state index in [1.54, 1.807) is 12.1 Å². The minimum atomic E-state index is -0.642. The van der Waals surface area contributed by atoms with Crippen molar-refractivity contribution in [1.82, 2.24) is 9.99 Å². The number of hydrazone groups is 1. The smallest absolute Gasteiger partial charge is 0.373 e. The van der Waals surface area contributed by atoms with Gasteiger partial charge in [-0.3, -0.25) is 14.9 Å². The van der Waals surface area contributed by atoms with Crippen LogP contribution in [0.25, 0.3) is 21.9 Å². The van der Waals surface area contributed by atoms with E-state index >= 15 is 0 Å². The highest BCUT2D eigenvalue weighted by Gasteiger charge is 2.19. The number of ether oxygens (including phenoxy) is 2. The largest absolute Gasteiger partial charge is 0.493 e. The number of furan rings is 2. The molecule has 12 nitrogen and oxygen atoms in total. The van der Waals surface area contributed by atoms with Crippen LogP contribution >= 0.6 is 0 Å². The maximum Gasteiger partial charge on any atom is 0.373 e. The molecule has 0 saturated heterocycles. The number of nitrogens with one attached hydrogen (secondary N) is 1. The molecular weight excluding hydrogens is 496 g/mol. The average Bonchev–Trinajstić information content (AvgIpc) is 3.65. The Hall–Kier alpha value is -5.39. The third-order valence-electron chi connectivity index (χ3n) is 5.79. The van der Waals surface area contributed by atoms with Gasteiger partial charge in [0, 0.05) is 34.1 Å². The summed E-state index contributed by atoms with van der Waals surface area (Å²) in [5, 5.41) is 16.5. The number of non-ortho nitro benzene ring substituents is 1. The molecule has 1 N–H and O–H groups in total. The van der Waals surface area contributed by atoms with Crippen molar-refractivity contribution < 1.29 is 32.8 Å². The first-order valence-corrected chi connectivity index (χ1v) is 11.2. The second-order valence-electron chi connectivity index (χ2n) is 8.12. The number of carbonyl (C=O) groups excluding carboxylic acids is 2. The number of carbonyl (C=O) groups is 2. The van der Waals surface area contributed by atoms with Gasteiger partial charge >= 0.3 is 11.9 Å². The lowest BCUT2D eigenvalue weighted by Crippen LogP contribution is -2.16. The number of nitrogens with zero attached hydrogens (tertiary/aromatic N) is 3. The Morgan fingerprint density at radius 3 is 2.68 bits per heavy atom. The van der Waals surface area contributed by atoms with E-state index in [9.17, 15) is 19.7 Å². The van der Waals surface area contributed by atoms with Crippen molar-refractivity contribution in [3.05, 3.63) is 93.8 Å². The normalized spacial score (nSPS) is 11.3. The minimum absolute atomic E-state index is 0.0856. The van der Waals surface area contributed by atoms with Crippen LogP contribution in [0.1, 0.15) is 32.4 Å². The van der Waals surface area contributed by atoms with Crippen molar-refractivity contribution in [2.24, 2.45) is 5.10 Å². The molecule has 0 spiro atoms. The number of aromatic nitrogens is 1. The first-order valence-electron chi connectivity index (χ1n) is 11.2. The highest BCUT2D eigenvalue weighted by Crippen LogP contribution is 2.33. The molecule has 3 heterocycles. The number of hydrogen-bond donors (Lipinski definition) is 1. The third kappa shape index (κ3) is 4.57. The molecule has 12 heteroatoms. The number of esters is 1. The second-order valence-corrected chi connectivity index (χ2v) is 8.12. The zero-order chi connectivity index (χ0) is 26.8. The summed E-state index contributed by atoms with van der Waals surface area (Å²) in [5.41, 5.74) is 4.05. The van der Waals surface area contributed by atoms with E-state index in [0.29, 0.717) is 17.7 Å². The predicted molar refractivity (Wildman–Crippen MR) is 136 cm³/mol. The van der Waals surface area contributed by atoms with Crippen LogP contribution in [-0.4, -0.2) is 41.8 Å². The predicted octanol–water partition coefficient (Wildman–Crippen LogP) is 4.50. The van der Waals surface area contributed by atoms with E-state index in [2.05, 4.69) is 15.3 Å². The summed E-state index contributed by atoms with van der Waals surface area (Å²) in [6, 6.07) is 14.8. The van der Waals surface area contributed by atoms with Crippen molar-refractivity contribution >= 4 is 45.7 Å². The summed E-state index contributed by atoms with van der Waals surface area (Å²) < 4.78 is 22.9. The van der Waals surface area contributed by atoms with Crippen molar-refractivity contribution in [3.63, 3.8) is 0 Å². The number of fused-ring (bicyclic) bond motifs is 2. The molecule has 0 radical (unpaired) electrons. The summed E-state index contributed by atoms with van der Waals surface area (Å²) in [5.74, 6) is -0.475. The highest BCUT2D eigenvalue weighted by molar-refractivity contribution is 6.01. The zero-order valence-electron chi connectivity index (χ0n) is 20.2. The zero-order valence-corrected chi connectivity index (χ0v) is 20.2. The van der Waals surface area contributed by atoms with E-state index in [-0.39, 0.29) is 28.5 Å². The molecular formula is C26H20N4O8. The molecule has 5 aromatic rings. The number of benzene rings is 2. The van der Waals surface area contributed by atoms with Crippen molar-refractivity contribution in [1.29, 1.82) is 0 Å². The molecule has 1 amide bonds. The molecule has 3 aromatic heterocycles. The van der Waals surface area contributed by atoms with E-state index in [0.717, 1.165) is 16.5 Å². The second kappa shape index (κ2) is 9.93. The molecule has 0 aliphatic carbocycles. The molecule has 0 aliphatic rings. The van der Waals surface area contributed by atoms with Crippen LogP contribution in [0.2, 0.25) is 0 Å². The molecule has 0 fully saturated rings. The van der Waals surface area contributed by atoms with Crippen LogP contribution in [0, 0.1) is 10.1 Å². The quantitative estimate of drug-likeness (QED) is 0.137. The van der Waals surface area contributed by atoms with Gasteiger partial charge in [0.25, 0.3) is 5.69 Å². The number of rotatable bonds is 8. The SMILES string of the molecule is COC(=O)c1ccc(Cn2cc(/C=N\NC(=O)c3cc4cc([N+](=O)[O-])cc(OC)c4o3)c3ccccc32)o1. The van der Waals surface area contributed by atoms with Crippen molar-refractivity contribution in [2.45, 2.75) is 6.54 Å². The van der Waals surface area contributed by atoms with Gasteiger partial charge in [-0.1, -0.05) is 18.2 Å². The summed E-state index contributed by atoms with van der Waals surface area (Å²) >= 11 is 0. The molecule has 0 atom stereocenters. The fraction of sp³-hybridized carbons (Fsp3) is 0.115. The van der Waals surface area contributed by atoms with Crippen molar-refractivity contribution in [2.75, 3.05) is 14.2 Å². The number of para-hydroxylation sites is 1. The topological polar surface area (TPSA) is 151 Å². The van der Waals surface area contributed by atoms with Crippen LogP contribution in [0.5, 0.6) is 5.75 Å². The van der Waals surface area contributed by atoms with Crippen LogP contribution < -0.4 is 10.2 Å². The standard InChI is InChI=1S/C26H20N4O8/c1-35-22-11-17(30(33)34)9-15-10-23(38-24(15)22)25(31)28-27-12-16-13-29(20-6-4-3-5-19(16)20)14-18-7-8-21(37-18)26(32)36-2/h3-13H,14H2,1-2H3,(H,28,31)/b27-12-. The van der Waals surface area contributed by atoms with Gasteiger partial charge in [-0.2, -0.15) is 5.10 Å². The van der Waals surface area contributed by atoms with E-state index in [1.807, 2.05) is 35.0 Å². The van der Waals surface area contributed by atoms with Gasteiger partial charge in [0.2, 0.25) is 5.76 Å². The Morgan fingerprint density at radius 2 is 1.92 bits per heavy atom. The van der Waals surface area contributed by atoms with Gasteiger partial charge in [0.1, 0.15) is 5.76 Å². The van der Waals surface area contributed by atoms with Gasteiger partial charge in [0.05, 0.1) is 38.0 Å². The fourth-order valence-corrected chi connectivity index (χ4v) is 4.04. The molecule has 0 aliphatic heterocycles. The van der Waals surface area contributed by atoms with Gasteiger partial charge in [-0.05, 0) is 24.3 Å². The van der Waals surface area contributed by atoms with Crippen LogP contribution in [0.15, 0.2) is 74.7 Å². The molecule has 0 saturated carbocycles. The van der Waals surface area contributed by atoms with Gasteiger partial charge in [-0.15, -0.1) is 0 Å². The monoisotopic (exact) mass is 516 g/mol. The highest BCUT2D eigenvalue weighted by atomic mass is 16.6. The summed E-state index contributed by atoms with van der Waals surface area (Å²) in [6.45, 7) is 0.352. The molecule has 5 rings (SSSR count). The summed E-state index contributed by atoms with van der Waals surface area (Å²) in [7, 11) is 2.64. The number of hydrogen-bond acceptors (Lipinski definition) is 9. The first-order chi connectivity index (χ1) is 18.4. The summed E-state index contributed by atoms with van der Waals surface area (Å²) in [4.78, 5) is 35.0. The lowest BCUT2D eigenvalue weighted by molar-refractivity contribution is -0.384. The van der Waals surface area contributed by atoms with E-state index in [1.165, 1.54) is 38.6 Å². The Labute approximate surface area is 214 Å². The van der Waals surface area contributed by atoms with Crippen LogP contribution in [0.4, 0.5) is 5.69 Å². The number of amides is 1. The molecule has 2 aromatic carbocycles. The maximum absolute atomic E-state index is 12.7. The van der Waals surface area contributed by atoms with Gasteiger partial charge in [-0.25, -0.2) is 10.2 Å². The van der Waals surface area contributed by atoms with E-state index < -0.39 is 16.8 Å². The van der Waals surface area contributed by atoms with E-state index in [4.69, 9.17) is 13.6 Å². The average molecular weight is 516 g/mol. The number of nitro benzene ring substituents is 1. The molecule has 0 unspecified atom stereocenters. The lowest BCUT2D eigenvalue weighted by Gasteiger charge is -2.02. The fourth-order valence-electron chi connectivity index (χ4n) is 4.04. The Kier molecular flexibility index (Phi) is 6.35. The van der Waals surface area contributed by atoms with Crippen LogP contribution in [-0.2, 0) is 11.3 Å². The molecule has 38 heavy (non-hydrogen) atoms. The maximum atomic E-state index is 12.7.